The van der Waals surface area contributed by atoms with Gasteiger partial charge in [0.15, 0.2) is 5.76 Å². The van der Waals surface area contributed by atoms with Gasteiger partial charge in [0.05, 0.1) is 6.54 Å². The number of nitrogens with zero attached hydrogens (tertiary/aromatic N) is 2. The van der Waals surface area contributed by atoms with Crippen molar-refractivity contribution in [2.45, 2.75) is 32.5 Å². The molecule has 2 aromatic rings. The Labute approximate surface area is 119 Å². The van der Waals surface area contributed by atoms with E-state index in [2.05, 4.69) is 41.4 Å². The molecular formula is C16H21N3O. The lowest BCUT2D eigenvalue weighted by atomic mass is 10.1. The summed E-state index contributed by atoms with van der Waals surface area (Å²) in [5, 5.41) is 7.71. The molecule has 1 aliphatic heterocycles. The van der Waals surface area contributed by atoms with Crippen LogP contribution in [-0.2, 0) is 6.54 Å². The zero-order valence-electron chi connectivity index (χ0n) is 12.0. The van der Waals surface area contributed by atoms with E-state index in [0.29, 0.717) is 12.1 Å². The third kappa shape index (κ3) is 3.08. The van der Waals surface area contributed by atoms with Crippen molar-refractivity contribution in [2.24, 2.45) is 0 Å². The van der Waals surface area contributed by atoms with E-state index in [1.807, 2.05) is 24.3 Å². The fourth-order valence-corrected chi connectivity index (χ4v) is 2.92. The molecule has 106 valence electrons. The molecular weight excluding hydrogens is 250 g/mol. The fraction of sp³-hybridized carbons (Fsp3) is 0.438. The fourth-order valence-electron chi connectivity index (χ4n) is 2.92. The number of nitrogens with one attached hydrogen (secondary N) is 1. The van der Waals surface area contributed by atoms with Gasteiger partial charge in [0.2, 0.25) is 0 Å². The summed E-state index contributed by atoms with van der Waals surface area (Å²) in [7, 11) is 0. The van der Waals surface area contributed by atoms with Gasteiger partial charge in [-0.2, -0.15) is 0 Å². The largest absolute Gasteiger partial charge is 0.359 e. The van der Waals surface area contributed by atoms with Gasteiger partial charge in [-0.25, -0.2) is 0 Å². The predicted octanol–water partition coefficient (Wildman–Crippen LogP) is 2.52. The molecule has 1 N–H and O–H groups in total. The average molecular weight is 271 g/mol. The number of benzene rings is 1. The first kappa shape index (κ1) is 13.3. The second-order valence-corrected chi connectivity index (χ2v) is 5.71. The van der Waals surface area contributed by atoms with Crippen LogP contribution >= 0.6 is 0 Å². The number of aromatic nitrogens is 1. The summed E-state index contributed by atoms with van der Waals surface area (Å²) in [5.74, 6) is 0.935. The van der Waals surface area contributed by atoms with Crippen molar-refractivity contribution < 1.29 is 4.52 Å². The Hall–Kier alpha value is -1.65. The zero-order chi connectivity index (χ0) is 13.9. The lowest BCUT2D eigenvalue weighted by Crippen LogP contribution is -2.53. The molecule has 0 saturated carbocycles. The van der Waals surface area contributed by atoms with Crippen molar-refractivity contribution in [3.63, 3.8) is 0 Å². The van der Waals surface area contributed by atoms with E-state index in [1.54, 1.807) is 0 Å². The van der Waals surface area contributed by atoms with E-state index >= 15 is 0 Å². The lowest BCUT2D eigenvalue weighted by Gasteiger charge is -2.35. The second-order valence-electron chi connectivity index (χ2n) is 5.71. The van der Waals surface area contributed by atoms with Crippen LogP contribution in [-0.4, -0.2) is 35.2 Å². The maximum absolute atomic E-state index is 5.48. The Balaban J connectivity index is 1.68. The van der Waals surface area contributed by atoms with Crippen LogP contribution in [0.4, 0.5) is 0 Å². The molecule has 3 rings (SSSR count). The highest BCUT2D eigenvalue weighted by Crippen LogP contribution is 2.20. The molecule has 1 saturated heterocycles. The first-order valence-electron chi connectivity index (χ1n) is 7.20. The summed E-state index contributed by atoms with van der Waals surface area (Å²) in [4.78, 5) is 2.42. The molecule has 0 bridgehead atoms. The van der Waals surface area contributed by atoms with Gasteiger partial charge in [-0.1, -0.05) is 35.5 Å². The van der Waals surface area contributed by atoms with Crippen molar-refractivity contribution in [1.82, 2.24) is 15.4 Å². The van der Waals surface area contributed by atoms with E-state index in [-0.39, 0.29) is 0 Å². The minimum Gasteiger partial charge on any atom is -0.359 e. The second kappa shape index (κ2) is 5.77. The molecule has 0 amide bonds. The third-order valence-electron chi connectivity index (χ3n) is 3.64. The van der Waals surface area contributed by atoms with Crippen molar-refractivity contribution in [3.05, 3.63) is 42.2 Å². The maximum atomic E-state index is 5.48. The molecule has 1 aromatic heterocycles. The van der Waals surface area contributed by atoms with Crippen molar-refractivity contribution in [1.29, 1.82) is 0 Å². The summed E-state index contributed by atoms with van der Waals surface area (Å²) in [6.07, 6.45) is 0. The smallest absolute Gasteiger partial charge is 0.151 e. The van der Waals surface area contributed by atoms with Crippen molar-refractivity contribution in [2.75, 3.05) is 13.1 Å². The quantitative estimate of drug-likeness (QED) is 0.931. The number of hydrogen-bond acceptors (Lipinski definition) is 4. The van der Waals surface area contributed by atoms with Crippen LogP contribution in [0.5, 0.6) is 0 Å². The molecule has 2 heterocycles. The highest BCUT2D eigenvalue weighted by Gasteiger charge is 2.22. The van der Waals surface area contributed by atoms with Gasteiger partial charge in [-0.3, -0.25) is 4.90 Å². The molecule has 2 unspecified atom stereocenters. The Kier molecular flexibility index (Phi) is 3.85. The molecule has 0 aliphatic carbocycles. The van der Waals surface area contributed by atoms with Crippen LogP contribution in [0.2, 0.25) is 0 Å². The van der Waals surface area contributed by atoms with Gasteiger partial charge in [0, 0.05) is 36.8 Å². The average Bonchev–Trinajstić information content (AvgIpc) is 2.87. The summed E-state index contributed by atoms with van der Waals surface area (Å²) in [6, 6.07) is 13.2. The van der Waals surface area contributed by atoms with E-state index in [4.69, 9.17) is 4.52 Å². The monoisotopic (exact) mass is 271 g/mol. The van der Waals surface area contributed by atoms with Crippen LogP contribution in [0.3, 0.4) is 0 Å². The highest BCUT2D eigenvalue weighted by atomic mass is 16.5. The van der Waals surface area contributed by atoms with E-state index in [0.717, 1.165) is 36.7 Å². The van der Waals surface area contributed by atoms with E-state index in [1.165, 1.54) is 0 Å². The highest BCUT2D eigenvalue weighted by molar-refractivity contribution is 5.58. The molecule has 1 fully saturated rings. The first-order valence-corrected chi connectivity index (χ1v) is 7.20. The Bertz CT molecular complexity index is 542. The summed E-state index contributed by atoms with van der Waals surface area (Å²) in [6.45, 7) is 7.37. The van der Waals surface area contributed by atoms with Crippen LogP contribution in [0.25, 0.3) is 11.3 Å². The van der Waals surface area contributed by atoms with Gasteiger partial charge in [-0.05, 0) is 13.8 Å². The Morgan fingerprint density at radius 3 is 2.60 bits per heavy atom. The van der Waals surface area contributed by atoms with Crippen LogP contribution in [0.15, 0.2) is 40.9 Å². The zero-order valence-corrected chi connectivity index (χ0v) is 12.0. The molecule has 20 heavy (non-hydrogen) atoms. The van der Waals surface area contributed by atoms with E-state index < -0.39 is 0 Å². The third-order valence-corrected chi connectivity index (χ3v) is 3.64. The van der Waals surface area contributed by atoms with Gasteiger partial charge in [0.1, 0.15) is 5.69 Å². The van der Waals surface area contributed by atoms with Crippen LogP contribution in [0.1, 0.15) is 19.6 Å². The normalized spacial score (nSPS) is 23.9. The minimum atomic E-state index is 0.523. The standard InChI is InChI=1S/C16H21N3O/c1-12-9-19(10-13(2)17-12)11-15-8-16(18-20-15)14-6-4-3-5-7-14/h3-8,12-13,17H,9-11H2,1-2H3. The van der Waals surface area contributed by atoms with Crippen molar-refractivity contribution in [3.8, 4) is 11.3 Å². The van der Waals surface area contributed by atoms with Gasteiger partial charge < -0.3 is 9.84 Å². The summed E-state index contributed by atoms with van der Waals surface area (Å²) in [5.41, 5.74) is 2.02. The number of piperazine rings is 1. The predicted molar refractivity (Wildman–Crippen MR) is 79.3 cm³/mol. The molecule has 1 aliphatic rings. The van der Waals surface area contributed by atoms with Crippen molar-refractivity contribution >= 4 is 0 Å². The van der Waals surface area contributed by atoms with Gasteiger partial charge in [-0.15, -0.1) is 0 Å². The molecule has 0 spiro atoms. The maximum Gasteiger partial charge on any atom is 0.151 e. The molecule has 1 aromatic carbocycles. The van der Waals surface area contributed by atoms with Crippen LogP contribution in [0, 0.1) is 0 Å². The molecule has 4 heteroatoms. The summed E-state index contributed by atoms with van der Waals surface area (Å²) < 4.78 is 5.48. The van der Waals surface area contributed by atoms with Gasteiger partial charge in [0.25, 0.3) is 0 Å². The molecule has 0 radical (unpaired) electrons. The molecule has 4 nitrogen and oxygen atoms in total. The Morgan fingerprint density at radius 1 is 1.20 bits per heavy atom. The lowest BCUT2D eigenvalue weighted by molar-refractivity contribution is 0.152. The first-order chi connectivity index (χ1) is 9.70. The minimum absolute atomic E-state index is 0.523. The topological polar surface area (TPSA) is 41.3 Å². The number of rotatable bonds is 3. The van der Waals surface area contributed by atoms with E-state index in [9.17, 15) is 0 Å². The Morgan fingerprint density at radius 2 is 1.90 bits per heavy atom. The number of hydrogen-bond donors (Lipinski definition) is 1. The SMILES string of the molecule is CC1CN(Cc2cc(-c3ccccc3)no2)CC(C)N1. The van der Waals surface area contributed by atoms with Crippen LogP contribution < -0.4 is 5.32 Å². The van der Waals surface area contributed by atoms with Gasteiger partial charge >= 0.3 is 0 Å². The summed E-state index contributed by atoms with van der Waals surface area (Å²) >= 11 is 0. The molecule has 2 atom stereocenters.